The second-order valence-electron chi connectivity index (χ2n) is 9.34. The van der Waals surface area contributed by atoms with Crippen molar-refractivity contribution < 1.29 is 9.47 Å². The van der Waals surface area contributed by atoms with Gasteiger partial charge in [-0.1, -0.05) is 13.3 Å². The van der Waals surface area contributed by atoms with Gasteiger partial charge in [-0.3, -0.25) is 4.98 Å². The topological polar surface area (TPSA) is 85.3 Å². The third kappa shape index (κ3) is 6.19. The van der Waals surface area contributed by atoms with Gasteiger partial charge in [-0.2, -0.15) is 0 Å². The molecule has 0 spiro atoms. The quantitative estimate of drug-likeness (QED) is 0.419. The first kappa shape index (κ1) is 24.2. The molecule has 5 rings (SSSR count). The van der Waals surface area contributed by atoms with Crippen molar-refractivity contribution in [2.24, 2.45) is 0 Å². The van der Waals surface area contributed by atoms with E-state index in [2.05, 4.69) is 55.2 Å². The first-order valence-electron chi connectivity index (χ1n) is 12.7. The number of unbranched alkanes of at least 4 members (excludes halogenated alkanes) is 1. The minimum Gasteiger partial charge on any atom is -0.488 e. The summed E-state index contributed by atoms with van der Waals surface area (Å²) in [5.74, 6) is 1.53. The molecular weight excluding hydrogens is 508 g/mol. The highest BCUT2D eigenvalue weighted by molar-refractivity contribution is 9.10. The summed E-state index contributed by atoms with van der Waals surface area (Å²) in [6, 6.07) is 4.66. The average molecular weight is 541 g/mol. The molecule has 0 atom stereocenters. The van der Waals surface area contributed by atoms with Crippen LogP contribution in [0.5, 0.6) is 5.75 Å². The lowest BCUT2D eigenvalue weighted by molar-refractivity contribution is 0.122. The number of aromatic nitrogens is 4. The molecule has 186 valence electrons. The van der Waals surface area contributed by atoms with Crippen LogP contribution in [0, 0.1) is 0 Å². The molecule has 3 aromatic rings. The van der Waals surface area contributed by atoms with E-state index in [4.69, 9.17) is 19.4 Å². The molecule has 2 aromatic heterocycles. The number of benzene rings is 1. The Morgan fingerprint density at radius 1 is 1.06 bits per heavy atom. The number of rotatable bonds is 8. The fraction of sp³-hybridized carbons (Fsp3) is 0.538. The van der Waals surface area contributed by atoms with E-state index in [0.717, 1.165) is 104 Å². The van der Waals surface area contributed by atoms with Gasteiger partial charge in [0.25, 0.3) is 0 Å². The summed E-state index contributed by atoms with van der Waals surface area (Å²) in [5, 5.41) is 3.46. The summed E-state index contributed by atoms with van der Waals surface area (Å²) >= 11 is 3.39. The van der Waals surface area contributed by atoms with Crippen molar-refractivity contribution in [1.29, 1.82) is 0 Å². The highest BCUT2D eigenvalue weighted by Gasteiger charge is 2.25. The number of fused-ring (bicyclic) bond motifs is 1. The van der Waals surface area contributed by atoms with Gasteiger partial charge in [-0.15, -0.1) is 0 Å². The van der Waals surface area contributed by atoms with Crippen molar-refractivity contribution in [2.45, 2.75) is 64.0 Å². The number of aryl methyl sites for hydroxylation is 1. The normalized spacial score (nSPS) is 20.7. The van der Waals surface area contributed by atoms with Crippen LogP contribution >= 0.6 is 15.9 Å². The van der Waals surface area contributed by atoms with Gasteiger partial charge < -0.3 is 19.7 Å². The first-order valence-corrected chi connectivity index (χ1v) is 13.5. The second-order valence-corrected chi connectivity index (χ2v) is 10.3. The zero-order valence-corrected chi connectivity index (χ0v) is 21.8. The Kier molecular flexibility index (Phi) is 7.93. The molecule has 0 amide bonds. The van der Waals surface area contributed by atoms with E-state index in [0.29, 0.717) is 12.0 Å². The summed E-state index contributed by atoms with van der Waals surface area (Å²) in [7, 11) is 0. The zero-order valence-electron chi connectivity index (χ0n) is 20.3. The highest BCUT2D eigenvalue weighted by atomic mass is 79.9. The largest absolute Gasteiger partial charge is 0.488 e. The maximum Gasteiger partial charge on any atom is 0.222 e. The van der Waals surface area contributed by atoms with E-state index in [-0.39, 0.29) is 6.10 Å². The van der Waals surface area contributed by atoms with Crippen molar-refractivity contribution in [3.05, 3.63) is 40.9 Å². The van der Waals surface area contributed by atoms with Gasteiger partial charge in [0, 0.05) is 49.5 Å². The molecule has 1 aliphatic heterocycles. The predicted octanol–water partition coefficient (Wildman–Crippen LogP) is 5.16. The number of ether oxygens (including phenoxy) is 2. The van der Waals surface area contributed by atoms with Gasteiger partial charge in [0.1, 0.15) is 11.3 Å². The summed E-state index contributed by atoms with van der Waals surface area (Å²) in [5.41, 5.74) is 3.94. The van der Waals surface area contributed by atoms with E-state index in [9.17, 15) is 0 Å². The molecule has 0 radical (unpaired) electrons. The van der Waals surface area contributed by atoms with Crippen molar-refractivity contribution in [1.82, 2.24) is 19.9 Å². The minimum absolute atomic E-state index is 0.156. The lowest BCUT2D eigenvalue weighted by Crippen LogP contribution is -2.36. The second kappa shape index (κ2) is 11.5. The first-order chi connectivity index (χ1) is 17.2. The predicted molar refractivity (Wildman–Crippen MR) is 141 cm³/mol. The smallest absolute Gasteiger partial charge is 0.222 e. The molecule has 35 heavy (non-hydrogen) atoms. The van der Waals surface area contributed by atoms with Gasteiger partial charge in [-0.25, -0.2) is 15.0 Å². The number of nitrogens with one attached hydrogen (secondary N) is 1. The maximum absolute atomic E-state index is 6.65. The number of anilines is 2. The van der Waals surface area contributed by atoms with E-state index < -0.39 is 0 Å². The van der Waals surface area contributed by atoms with Gasteiger partial charge in [-0.05, 0) is 60.5 Å². The molecule has 1 saturated carbocycles. The lowest BCUT2D eigenvalue weighted by atomic mass is 9.93. The molecule has 1 saturated heterocycles. The van der Waals surface area contributed by atoms with Crippen LogP contribution in [0.4, 0.5) is 11.6 Å². The number of hydrogen-bond acceptors (Lipinski definition) is 8. The monoisotopic (exact) mass is 540 g/mol. The average Bonchev–Trinajstić information content (AvgIpc) is 2.90. The van der Waals surface area contributed by atoms with Gasteiger partial charge in [0.15, 0.2) is 0 Å². The Labute approximate surface area is 215 Å². The molecule has 2 fully saturated rings. The van der Waals surface area contributed by atoms with Crippen LogP contribution in [0.25, 0.3) is 11.0 Å². The summed E-state index contributed by atoms with van der Waals surface area (Å²) in [6.45, 7) is 5.44. The van der Waals surface area contributed by atoms with Crippen LogP contribution in [0.1, 0.15) is 51.1 Å². The molecule has 9 heteroatoms. The van der Waals surface area contributed by atoms with Crippen LogP contribution < -0.4 is 15.0 Å². The van der Waals surface area contributed by atoms with Crippen molar-refractivity contribution in [3.63, 3.8) is 0 Å². The van der Waals surface area contributed by atoms with Crippen molar-refractivity contribution >= 4 is 38.6 Å². The summed E-state index contributed by atoms with van der Waals surface area (Å²) in [4.78, 5) is 20.8. The zero-order chi connectivity index (χ0) is 24.0. The van der Waals surface area contributed by atoms with Gasteiger partial charge >= 0.3 is 0 Å². The summed E-state index contributed by atoms with van der Waals surface area (Å²) in [6.07, 6.45) is 12.8. The molecular formula is C26H33BrN6O2. The Morgan fingerprint density at radius 3 is 2.57 bits per heavy atom. The number of nitrogens with zero attached hydrogens (tertiary/aromatic N) is 5. The van der Waals surface area contributed by atoms with E-state index in [1.807, 2.05) is 6.20 Å². The van der Waals surface area contributed by atoms with Gasteiger partial charge in [0.05, 0.1) is 35.0 Å². The van der Waals surface area contributed by atoms with Crippen LogP contribution in [0.15, 0.2) is 35.2 Å². The molecule has 1 aliphatic carbocycles. The number of hydrogen-bond donors (Lipinski definition) is 1. The molecule has 2 aliphatic rings. The Bertz CT molecular complexity index is 1110. The van der Waals surface area contributed by atoms with Crippen LogP contribution in [0.3, 0.4) is 0 Å². The van der Waals surface area contributed by atoms with E-state index in [1.54, 1.807) is 12.4 Å². The number of morpholine rings is 1. The fourth-order valence-corrected chi connectivity index (χ4v) is 4.96. The molecule has 1 N–H and O–H groups in total. The van der Waals surface area contributed by atoms with Crippen molar-refractivity contribution in [2.75, 3.05) is 36.5 Å². The Hall–Kier alpha value is -2.52. The van der Waals surface area contributed by atoms with Crippen LogP contribution in [-0.4, -0.2) is 58.4 Å². The SMILES string of the molecule is CCCCc1cnc2cc(N3CCOCC3)cc(O[C@H]3CC[C@@H](Nc4ncc(Br)cn4)CC3)c2n1. The number of halogens is 1. The molecule has 0 bridgehead atoms. The van der Waals surface area contributed by atoms with Crippen LogP contribution in [0.2, 0.25) is 0 Å². The Balaban J connectivity index is 1.32. The van der Waals surface area contributed by atoms with E-state index >= 15 is 0 Å². The molecule has 3 heterocycles. The standard InChI is InChI=1S/C26H33BrN6O2/c1-2-3-4-20-17-28-23-13-21(33-9-11-34-12-10-33)14-24(25(23)31-20)35-22-7-5-19(6-8-22)32-26-29-15-18(27)16-30-26/h13-17,19,22H,2-12H2,1H3,(H,29,30,32)/t19-,22+. The van der Waals surface area contributed by atoms with Crippen molar-refractivity contribution in [3.8, 4) is 5.75 Å². The molecule has 8 nitrogen and oxygen atoms in total. The Morgan fingerprint density at radius 2 is 1.83 bits per heavy atom. The van der Waals surface area contributed by atoms with E-state index in [1.165, 1.54) is 0 Å². The molecule has 0 unspecified atom stereocenters. The van der Waals surface area contributed by atoms with Gasteiger partial charge in [0.2, 0.25) is 5.95 Å². The molecule has 1 aromatic carbocycles. The highest BCUT2D eigenvalue weighted by Crippen LogP contribution is 2.33. The van der Waals surface area contributed by atoms with Crippen LogP contribution in [-0.2, 0) is 11.2 Å². The maximum atomic E-state index is 6.65. The third-order valence-electron chi connectivity index (χ3n) is 6.73. The fourth-order valence-electron chi connectivity index (χ4n) is 4.75. The summed E-state index contributed by atoms with van der Waals surface area (Å²) < 4.78 is 13.1. The minimum atomic E-state index is 0.156. The third-order valence-corrected chi connectivity index (χ3v) is 7.14. The lowest BCUT2D eigenvalue weighted by Gasteiger charge is -2.31.